The molecule has 1 N–H and O–H groups in total. The highest BCUT2D eigenvalue weighted by Crippen LogP contribution is 2.19. The first-order chi connectivity index (χ1) is 16.9. The van der Waals surface area contributed by atoms with E-state index in [1.165, 1.54) is 5.56 Å². The molecule has 0 bridgehead atoms. The van der Waals surface area contributed by atoms with E-state index in [-0.39, 0.29) is 17.9 Å². The lowest BCUT2D eigenvalue weighted by atomic mass is 10.0. The molecular weight excluding hydrogens is 500 g/mol. The summed E-state index contributed by atoms with van der Waals surface area (Å²) in [5, 5.41) is 3.04. The number of carbonyl (C=O) groups excluding carboxylic acids is 2. The van der Waals surface area contributed by atoms with Gasteiger partial charge in [0.1, 0.15) is 6.04 Å². The zero-order valence-corrected chi connectivity index (χ0v) is 22.4. The summed E-state index contributed by atoms with van der Waals surface area (Å²) in [5.74, 6) is -0.149. The van der Waals surface area contributed by atoms with Gasteiger partial charge in [-0.25, -0.2) is 0 Å². The minimum Gasteiger partial charge on any atom is -0.352 e. The van der Waals surface area contributed by atoms with E-state index in [1.807, 2.05) is 68.4 Å². The number of nitrogens with zero attached hydrogens (tertiary/aromatic N) is 1. The number of nitrogens with one attached hydrogen (secondary N) is 1. The molecule has 0 aliphatic carbocycles. The highest BCUT2D eigenvalue weighted by atomic mass is 79.9. The smallest absolute Gasteiger partial charge is 0.243 e. The molecule has 4 nitrogen and oxygen atoms in total. The molecule has 3 aromatic carbocycles. The lowest BCUT2D eigenvalue weighted by Gasteiger charge is -2.32. The molecule has 0 spiro atoms. The van der Waals surface area contributed by atoms with Crippen molar-refractivity contribution in [1.82, 2.24) is 10.2 Å². The summed E-state index contributed by atoms with van der Waals surface area (Å²) in [6.07, 6.45) is 2.44. The molecule has 0 saturated carbocycles. The summed E-state index contributed by atoms with van der Waals surface area (Å²) in [6, 6.07) is 25.6. The Morgan fingerprint density at radius 2 is 1.51 bits per heavy atom. The molecule has 5 heteroatoms. The van der Waals surface area contributed by atoms with Gasteiger partial charge in [0.2, 0.25) is 11.8 Å². The van der Waals surface area contributed by atoms with E-state index in [2.05, 4.69) is 52.4 Å². The molecule has 0 aliphatic heterocycles. The second-order valence-electron chi connectivity index (χ2n) is 9.19. The minimum absolute atomic E-state index is 0.0133. The van der Waals surface area contributed by atoms with Gasteiger partial charge >= 0.3 is 0 Å². The zero-order chi connectivity index (χ0) is 25.2. The molecule has 0 fully saturated rings. The van der Waals surface area contributed by atoms with Crippen molar-refractivity contribution in [2.45, 2.75) is 65.1 Å². The molecule has 3 aromatic rings. The first-order valence-corrected chi connectivity index (χ1v) is 13.1. The van der Waals surface area contributed by atoms with Crippen molar-refractivity contribution >= 4 is 27.7 Å². The summed E-state index contributed by atoms with van der Waals surface area (Å²) in [7, 11) is 0. The summed E-state index contributed by atoms with van der Waals surface area (Å²) >= 11 is 3.53. The Bertz CT molecular complexity index is 1100. The number of hydrogen-bond acceptors (Lipinski definition) is 2. The van der Waals surface area contributed by atoms with Crippen molar-refractivity contribution < 1.29 is 9.59 Å². The van der Waals surface area contributed by atoms with Crippen LogP contribution < -0.4 is 5.32 Å². The molecule has 0 heterocycles. The van der Waals surface area contributed by atoms with Gasteiger partial charge in [-0.05, 0) is 61.1 Å². The van der Waals surface area contributed by atoms with Crippen LogP contribution in [0.1, 0.15) is 49.4 Å². The largest absolute Gasteiger partial charge is 0.352 e. The van der Waals surface area contributed by atoms with Crippen LogP contribution >= 0.6 is 15.9 Å². The average Bonchev–Trinajstić information content (AvgIpc) is 2.85. The van der Waals surface area contributed by atoms with E-state index in [0.717, 1.165) is 27.6 Å². The maximum absolute atomic E-state index is 13.7. The average molecular weight is 536 g/mol. The number of hydrogen-bond donors (Lipinski definition) is 1. The van der Waals surface area contributed by atoms with Crippen LogP contribution in [0.25, 0.3) is 0 Å². The fourth-order valence-electron chi connectivity index (χ4n) is 4.10. The standard InChI is InChI=1S/C30H35BrN2O2/c1-4-23-13-15-24(16-14-23)17-18-29(34)33(21-26-11-8-12-27(31)19-26)28(30(35)32-22(2)3)20-25-9-6-5-7-10-25/h5-16,19,22,28H,4,17-18,20-21H2,1-3H3,(H,32,35)/t28-/m0/s1. The highest BCUT2D eigenvalue weighted by molar-refractivity contribution is 9.10. The van der Waals surface area contributed by atoms with Gasteiger partial charge in [-0.15, -0.1) is 0 Å². The molecular formula is C30H35BrN2O2. The summed E-state index contributed by atoms with van der Waals surface area (Å²) in [4.78, 5) is 28.8. The second-order valence-corrected chi connectivity index (χ2v) is 10.1. The van der Waals surface area contributed by atoms with Gasteiger partial charge in [0.25, 0.3) is 0 Å². The van der Waals surface area contributed by atoms with Gasteiger partial charge < -0.3 is 10.2 Å². The van der Waals surface area contributed by atoms with Crippen LogP contribution in [0.4, 0.5) is 0 Å². The molecule has 0 aliphatic rings. The van der Waals surface area contributed by atoms with Crippen LogP contribution in [0.2, 0.25) is 0 Å². The molecule has 0 aromatic heterocycles. The van der Waals surface area contributed by atoms with E-state index < -0.39 is 6.04 Å². The number of rotatable bonds is 11. The molecule has 2 amide bonds. The predicted molar refractivity (Wildman–Crippen MR) is 146 cm³/mol. The Kier molecular flexibility index (Phi) is 10.1. The van der Waals surface area contributed by atoms with Crippen LogP contribution in [-0.4, -0.2) is 28.8 Å². The highest BCUT2D eigenvalue weighted by Gasteiger charge is 2.30. The van der Waals surface area contributed by atoms with Gasteiger partial charge in [-0.1, -0.05) is 89.6 Å². The lowest BCUT2D eigenvalue weighted by molar-refractivity contribution is -0.141. The van der Waals surface area contributed by atoms with Crippen molar-refractivity contribution in [2.24, 2.45) is 0 Å². The van der Waals surface area contributed by atoms with Crippen molar-refractivity contribution in [3.8, 4) is 0 Å². The fraction of sp³-hybridized carbons (Fsp3) is 0.333. The second kappa shape index (κ2) is 13.2. The molecule has 3 rings (SSSR count). The zero-order valence-electron chi connectivity index (χ0n) is 20.8. The van der Waals surface area contributed by atoms with E-state index in [4.69, 9.17) is 0 Å². The first-order valence-electron chi connectivity index (χ1n) is 12.3. The summed E-state index contributed by atoms with van der Waals surface area (Å²) in [5.41, 5.74) is 4.42. The van der Waals surface area contributed by atoms with Crippen LogP contribution in [0.15, 0.2) is 83.3 Å². The molecule has 184 valence electrons. The summed E-state index contributed by atoms with van der Waals surface area (Å²) in [6.45, 7) is 6.39. The molecule has 0 saturated heterocycles. The summed E-state index contributed by atoms with van der Waals surface area (Å²) < 4.78 is 0.949. The third-order valence-electron chi connectivity index (χ3n) is 6.00. The molecule has 35 heavy (non-hydrogen) atoms. The number of halogens is 1. The Morgan fingerprint density at radius 1 is 0.857 bits per heavy atom. The van der Waals surface area contributed by atoms with Crippen LogP contribution in [0, 0.1) is 0 Å². The van der Waals surface area contributed by atoms with Gasteiger partial charge in [-0.2, -0.15) is 0 Å². The van der Waals surface area contributed by atoms with Gasteiger partial charge in [0.15, 0.2) is 0 Å². The molecule has 0 unspecified atom stereocenters. The maximum atomic E-state index is 13.7. The van der Waals surface area contributed by atoms with E-state index in [0.29, 0.717) is 25.8 Å². The minimum atomic E-state index is -0.603. The SMILES string of the molecule is CCc1ccc(CCC(=O)N(Cc2cccc(Br)c2)[C@@H](Cc2ccccc2)C(=O)NC(C)C)cc1. The molecule has 1 atom stereocenters. The third-order valence-corrected chi connectivity index (χ3v) is 6.50. The first kappa shape index (κ1) is 26.7. The van der Waals surface area contributed by atoms with E-state index in [1.54, 1.807) is 4.90 Å². The normalized spacial score (nSPS) is 11.8. The van der Waals surface area contributed by atoms with Crippen molar-refractivity contribution in [3.63, 3.8) is 0 Å². The van der Waals surface area contributed by atoms with Gasteiger partial charge in [0, 0.05) is 29.9 Å². The maximum Gasteiger partial charge on any atom is 0.243 e. The fourth-order valence-corrected chi connectivity index (χ4v) is 4.55. The number of benzene rings is 3. The van der Waals surface area contributed by atoms with Crippen molar-refractivity contribution in [3.05, 3.63) is 106 Å². The van der Waals surface area contributed by atoms with E-state index in [9.17, 15) is 9.59 Å². The lowest BCUT2D eigenvalue weighted by Crippen LogP contribution is -2.51. The van der Waals surface area contributed by atoms with Crippen LogP contribution in [0.3, 0.4) is 0 Å². The number of amides is 2. The number of aryl methyl sites for hydroxylation is 2. The Hall–Kier alpha value is -2.92. The topological polar surface area (TPSA) is 49.4 Å². The Balaban J connectivity index is 1.88. The third kappa shape index (κ3) is 8.36. The van der Waals surface area contributed by atoms with Crippen molar-refractivity contribution in [1.29, 1.82) is 0 Å². The van der Waals surface area contributed by atoms with Gasteiger partial charge in [0.05, 0.1) is 0 Å². The predicted octanol–water partition coefficient (Wildman–Crippen LogP) is 6.11. The van der Waals surface area contributed by atoms with Crippen LogP contribution in [-0.2, 0) is 35.4 Å². The van der Waals surface area contributed by atoms with E-state index >= 15 is 0 Å². The Labute approximate surface area is 217 Å². The van der Waals surface area contributed by atoms with Crippen molar-refractivity contribution in [2.75, 3.05) is 0 Å². The number of carbonyl (C=O) groups is 2. The molecule has 0 radical (unpaired) electrons. The quantitative estimate of drug-likeness (QED) is 0.322. The monoisotopic (exact) mass is 534 g/mol. The Morgan fingerprint density at radius 3 is 2.14 bits per heavy atom. The van der Waals surface area contributed by atoms with Gasteiger partial charge in [-0.3, -0.25) is 9.59 Å². The van der Waals surface area contributed by atoms with Crippen LogP contribution in [0.5, 0.6) is 0 Å².